The third-order valence-corrected chi connectivity index (χ3v) is 5.41. The molecule has 0 aliphatic heterocycles. The van der Waals surface area contributed by atoms with Gasteiger partial charge < -0.3 is 14.2 Å². The van der Waals surface area contributed by atoms with Crippen molar-refractivity contribution in [2.45, 2.75) is 32.9 Å². The minimum Gasteiger partial charge on any atom is -0.485 e. The number of para-hydroxylation sites is 2. The summed E-state index contributed by atoms with van der Waals surface area (Å²) in [6.07, 6.45) is 2.07. The van der Waals surface area contributed by atoms with Crippen molar-refractivity contribution in [3.63, 3.8) is 0 Å². The molecule has 1 heterocycles. The molecule has 0 atom stereocenters. The third kappa shape index (κ3) is 4.15. The topological polar surface area (TPSA) is 47.4 Å². The molecule has 0 saturated carbocycles. The highest BCUT2D eigenvalue weighted by Crippen LogP contribution is 2.26. The van der Waals surface area contributed by atoms with Gasteiger partial charge >= 0.3 is 0 Å². The number of carbonyl (C=O) groups is 1. The molecule has 0 saturated heterocycles. The van der Waals surface area contributed by atoms with Gasteiger partial charge in [-0.1, -0.05) is 61.9 Å². The number of amides is 1. The average Bonchev–Trinajstić information content (AvgIpc) is 3.13. The fraction of sp³-hybridized carbons (Fsp3) is 0.280. The van der Waals surface area contributed by atoms with E-state index >= 15 is 0 Å². The van der Waals surface area contributed by atoms with E-state index in [0.29, 0.717) is 6.61 Å². The van der Waals surface area contributed by atoms with E-state index in [9.17, 15) is 4.79 Å². The first-order valence-corrected chi connectivity index (χ1v) is 10.5. The zero-order chi connectivity index (χ0) is 20.9. The summed E-state index contributed by atoms with van der Waals surface area (Å²) in [7, 11) is 1.86. The van der Waals surface area contributed by atoms with Gasteiger partial charge in [0.1, 0.15) is 24.7 Å². The quantitative estimate of drug-likeness (QED) is 0.416. The first-order valence-electron chi connectivity index (χ1n) is 10.5. The first-order chi connectivity index (χ1) is 14.7. The Kier molecular flexibility index (Phi) is 5.98. The number of nitrogens with zero attached hydrogens (tertiary/aromatic N) is 3. The highest BCUT2D eigenvalue weighted by molar-refractivity contribution is 5.88. The van der Waals surface area contributed by atoms with Crippen LogP contribution in [0.2, 0.25) is 0 Å². The standard InChI is InChI=1S/C25H27N3O2/c1-3-4-16-27(2)25(29)17-28-22-14-8-7-13-21(22)26-24(28)18-30-23-15-9-11-19-10-5-6-12-20(19)23/h5-15H,3-4,16-18H2,1-2H3. The van der Waals surface area contributed by atoms with E-state index in [4.69, 9.17) is 9.72 Å². The summed E-state index contributed by atoms with van der Waals surface area (Å²) in [5.74, 6) is 1.65. The van der Waals surface area contributed by atoms with E-state index in [1.165, 1.54) is 0 Å². The van der Waals surface area contributed by atoms with Crippen LogP contribution in [0.1, 0.15) is 25.6 Å². The maximum Gasteiger partial charge on any atom is 0.242 e. The highest BCUT2D eigenvalue weighted by atomic mass is 16.5. The number of likely N-dealkylation sites (N-methyl/N-ethyl adjacent to an activating group) is 1. The van der Waals surface area contributed by atoms with Crippen LogP contribution in [0.3, 0.4) is 0 Å². The molecule has 30 heavy (non-hydrogen) atoms. The molecule has 4 aromatic rings. The van der Waals surface area contributed by atoms with Gasteiger partial charge in [0, 0.05) is 19.0 Å². The number of carbonyl (C=O) groups excluding carboxylic acids is 1. The number of fused-ring (bicyclic) bond motifs is 2. The molecule has 0 radical (unpaired) electrons. The zero-order valence-corrected chi connectivity index (χ0v) is 17.5. The molecule has 154 valence electrons. The lowest BCUT2D eigenvalue weighted by atomic mass is 10.1. The largest absolute Gasteiger partial charge is 0.485 e. The second-order valence-corrected chi connectivity index (χ2v) is 7.54. The summed E-state index contributed by atoms with van der Waals surface area (Å²) >= 11 is 0. The Hall–Kier alpha value is -3.34. The van der Waals surface area contributed by atoms with Gasteiger partial charge in [0.05, 0.1) is 11.0 Å². The molecule has 0 unspecified atom stereocenters. The van der Waals surface area contributed by atoms with Crippen molar-refractivity contribution >= 4 is 27.7 Å². The molecule has 1 aromatic heterocycles. The Labute approximate surface area is 176 Å². The molecule has 0 N–H and O–H groups in total. The minimum atomic E-state index is 0.0815. The van der Waals surface area contributed by atoms with Crippen LogP contribution in [0.5, 0.6) is 5.75 Å². The van der Waals surface area contributed by atoms with Crippen LogP contribution in [0, 0.1) is 0 Å². The molecule has 0 spiro atoms. The zero-order valence-electron chi connectivity index (χ0n) is 17.5. The number of ether oxygens (including phenoxy) is 1. The summed E-state index contributed by atoms with van der Waals surface area (Å²) in [5, 5.41) is 2.20. The van der Waals surface area contributed by atoms with Crippen molar-refractivity contribution < 1.29 is 9.53 Å². The lowest BCUT2D eigenvalue weighted by molar-refractivity contribution is -0.130. The number of benzene rings is 3. The van der Waals surface area contributed by atoms with E-state index in [-0.39, 0.29) is 12.5 Å². The van der Waals surface area contributed by atoms with Gasteiger partial charge in [0.15, 0.2) is 0 Å². The fourth-order valence-corrected chi connectivity index (χ4v) is 3.65. The molecule has 0 fully saturated rings. The second-order valence-electron chi connectivity index (χ2n) is 7.54. The van der Waals surface area contributed by atoms with Crippen molar-refractivity contribution in [3.8, 4) is 5.75 Å². The lowest BCUT2D eigenvalue weighted by Crippen LogP contribution is -2.31. The van der Waals surface area contributed by atoms with Crippen LogP contribution in [0.4, 0.5) is 0 Å². The van der Waals surface area contributed by atoms with E-state index < -0.39 is 0 Å². The van der Waals surface area contributed by atoms with Crippen molar-refractivity contribution in [2.75, 3.05) is 13.6 Å². The summed E-state index contributed by atoms with van der Waals surface area (Å²) in [4.78, 5) is 19.3. The molecule has 5 heteroatoms. The third-order valence-electron chi connectivity index (χ3n) is 5.41. The van der Waals surface area contributed by atoms with E-state index in [2.05, 4.69) is 25.1 Å². The van der Waals surface area contributed by atoms with Crippen LogP contribution in [-0.4, -0.2) is 34.0 Å². The molecule has 3 aromatic carbocycles. The van der Waals surface area contributed by atoms with E-state index in [0.717, 1.165) is 52.8 Å². The number of hydrogen-bond donors (Lipinski definition) is 0. The monoisotopic (exact) mass is 401 g/mol. The number of aromatic nitrogens is 2. The number of rotatable bonds is 8. The maximum absolute atomic E-state index is 12.8. The predicted molar refractivity (Wildman–Crippen MR) is 121 cm³/mol. The molecule has 0 aliphatic carbocycles. The van der Waals surface area contributed by atoms with Gasteiger partial charge in [-0.2, -0.15) is 0 Å². The normalized spacial score (nSPS) is 11.1. The van der Waals surface area contributed by atoms with Gasteiger partial charge in [-0.05, 0) is 30.0 Å². The highest BCUT2D eigenvalue weighted by Gasteiger charge is 2.16. The Morgan fingerprint density at radius 1 is 1.03 bits per heavy atom. The average molecular weight is 402 g/mol. The summed E-state index contributed by atoms with van der Waals surface area (Å²) < 4.78 is 8.15. The summed E-state index contributed by atoms with van der Waals surface area (Å²) in [6, 6.07) is 22.1. The molecular formula is C25H27N3O2. The van der Waals surface area contributed by atoms with Gasteiger partial charge in [-0.15, -0.1) is 0 Å². The Balaban J connectivity index is 1.60. The Morgan fingerprint density at radius 2 is 1.80 bits per heavy atom. The molecule has 1 amide bonds. The van der Waals surface area contributed by atoms with Crippen LogP contribution in [-0.2, 0) is 17.9 Å². The number of imidazole rings is 1. The van der Waals surface area contributed by atoms with Gasteiger partial charge in [-0.3, -0.25) is 4.79 Å². The van der Waals surface area contributed by atoms with Crippen LogP contribution < -0.4 is 4.74 Å². The Morgan fingerprint density at radius 3 is 2.67 bits per heavy atom. The number of unbranched alkanes of at least 4 members (excludes halogenated alkanes) is 1. The van der Waals surface area contributed by atoms with Gasteiger partial charge in [0.25, 0.3) is 0 Å². The minimum absolute atomic E-state index is 0.0815. The van der Waals surface area contributed by atoms with Crippen molar-refractivity contribution in [1.82, 2.24) is 14.5 Å². The SMILES string of the molecule is CCCCN(C)C(=O)Cn1c(COc2cccc3ccccc23)nc2ccccc21. The van der Waals surface area contributed by atoms with Crippen molar-refractivity contribution in [3.05, 3.63) is 72.6 Å². The van der Waals surface area contributed by atoms with E-state index in [1.807, 2.05) is 60.1 Å². The van der Waals surface area contributed by atoms with Crippen LogP contribution >= 0.6 is 0 Å². The molecule has 4 rings (SSSR count). The first kappa shape index (κ1) is 20.0. The van der Waals surface area contributed by atoms with Gasteiger partial charge in [0.2, 0.25) is 5.91 Å². The molecule has 5 nitrogen and oxygen atoms in total. The Bertz CT molecular complexity index is 1160. The lowest BCUT2D eigenvalue weighted by Gasteiger charge is -2.18. The summed E-state index contributed by atoms with van der Waals surface area (Å²) in [5.41, 5.74) is 1.82. The van der Waals surface area contributed by atoms with E-state index in [1.54, 1.807) is 4.90 Å². The second kappa shape index (κ2) is 8.99. The van der Waals surface area contributed by atoms with Crippen LogP contribution in [0.25, 0.3) is 21.8 Å². The van der Waals surface area contributed by atoms with Crippen molar-refractivity contribution in [1.29, 1.82) is 0 Å². The smallest absolute Gasteiger partial charge is 0.242 e. The molecular weight excluding hydrogens is 374 g/mol. The number of hydrogen-bond acceptors (Lipinski definition) is 3. The van der Waals surface area contributed by atoms with Gasteiger partial charge in [-0.25, -0.2) is 4.98 Å². The molecule has 0 bridgehead atoms. The molecule has 0 aliphatic rings. The van der Waals surface area contributed by atoms with Crippen molar-refractivity contribution in [2.24, 2.45) is 0 Å². The fourth-order valence-electron chi connectivity index (χ4n) is 3.65. The predicted octanol–water partition coefficient (Wildman–Crippen LogP) is 5.03. The maximum atomic E-state index is 12.8. The summed E-state index contributed by atoms with van der Waals surface area (Å²) in [6.45, 7) is 3.46. The van der Waals surface area contributed by atoms with Crippen LogP contribution in [0.15, 0.2) is 66.7 Å².